The molecule has 0 N–H and O–H groups in total. The summed E-state index contributed by atoms with van der Waals surface area (Å²) in [6, 6.07) is 18.5. The first-order valence-corrected chi connectivity index (χ1v) is 7.33. The van der Waals surface area contributed by atoms with Gasteiger partial charge in [0.2, 0.25) is 5.91 Å². The first-order chi connectivity index (χ1) is 10.3. The summed E-state index contributed by atoms with van der Waals surface area (Å²) in [7, 11) is 0. The fourth-order valence-electron chi connectivity index (χ4n) is 2.59. The van der Waals surface area contributed by atoms with Crippen LogP contribution in [0.1, 0.15) is 5.56 Å². The second kappa shape index (κ2) is 6.55. The van der Waals surface area contributed by atoms with Gasteiger partial charge in [-0.2, -0.15) is 0 Å². The Labute approximate surface area is 125 Å². The molecule has 3 heteroatoms. The highest BCUT2D eigenvalue weighted by molar-refractivity contribution is 5.79. The highest BCUT2D eigenvalue weighted by Gasteiger charge is 2.17. The van der Waals surface area contributed by atoms with Crippen molar-refractivity contribution in [3.63, 3.8) is 0 Å². The van der Waals surface area contributed by atoms with Gasteiger partial charge in [0.05, 0.1) is 19.6 Å². The van der Waals surface area contributed by atoms with Crippen LogP contribution in [0.2, 0.25) is 0 Å². The van der Waals surface area contributed by atoms with E-state index in [0.717, 1.165) is 11.1 Å². The van der Waals surface area contributed by atoms with Crippen LogP contribution in [0.4, 0.5) is 0 Å². The largest absolute Gasteiger partial charge is 0.378 e. The Morgan fingerprint density at radius 2 is 1.67 bits per heavy atom. The number of hydrogen-bond donors (Lipinski definition) is 0. The van der Waals surface area contributed by atoms with Crippen molar-refractivity contribution in [2.75, 3.05) is 26.3 Å². The number of carbonyl (C=O) groups is 1. The Bertz CT molecular complexity index is 604. The number of morpholine rings is 1. The molecule has 1 amide bonds. The molecule has 108 valence electrons. The molecule has 0 unspecified atom stereocenters. The van der Waals surface area contributed by atoms with Crippen LogP contribution in [-0.2, 0) is 16.0 Å². The number of amides is 1. The van der Waals surface area contributed by atoms with Crippen molar-refractivity contribution in [2.24, 2.45) is 0 Å². The molecule has 0 aliphatic carbocycles. The van der Waals surface area contributed by atoms with Crippen LogP contribution in [0, 0.1) is 0 Å². The summed E-state index contributed by atoms with van der Waals surface area (Å²) in [6.45, 7) is 2.71. The summed E-state index contributed by atoms with van der Waals surface area (Å²) >= 11 is 0. The molecule has 1 saturated heterocycles. The van der Waals surface area contributed by atoms with E-state index in [4.69, 9.17) is 4.74 Å². The molecule has 1 fully saturated rings. The molecule has 3 rings (SSSR count). The Morgan fingerprint density at radius 3 is 2.43 bits per heavy atom. The lowest BCUT2D eigenvalue weighted by atomic mass is 10.0. The van der Waals surface area contributed by atoms with E-state index >= 15 is 0 Å². The molecular weight excluding hydrogens is 262 g/mol. The molecule has 0 spiro atoms. The van der Waals surface area contributed by atoms with Gasteiger partial charge in [-0.05, 0) is 16.7 Å². The van der Waals surface area contributed by atoms with Crippen molar-refractivity contribution < 1.29 is 9.53 Å². The Hall–Kier alpha value is -2.13. The topological polar surface area (TPSA) is 29.5 Å². The van der Waals surface area contributed by atoms with Gasteiger partial charge in [-0.1, -0.05) is 54.6 Å². The number of rotatable bonds is 3. The zero-order chi connectivity index (χ0) is 14.5. The number of ether oxygens (including phenoxy) is 1. The zero-order valence-corrected chi connectivity index (χ0v) is 12.0. The third-order valence-corrected chi connectivity index (χ3v) is 3.75. The van der Waals surface area contributed by atoms with Crippen molar-refractivity contribution >= 4 is 5.91 Å². The molecule has 21 heavy (non-hydrogen) atoms. The Balaban J connectivity index is 1.73. The van der Waals surface area contributed by atoms with E-state index < -0.39 is 0 Å². The fourth-order valence-corrected chi connectivity index (χ4v) is 2.59. The average Bonchev–Trinajstić information content (AvgIpc) is 2.57. The number of nitrogens with zero attached hydrogens (tertiary/aromatic N) is 1. The van der Waals surface area contributed by atoms with Crippen molar-refractivity contribution in [3.8, 4) is 11.1 Å². The monoisotopic (exact) mass is 281 g/mol. The molecule has 3 nitrogen and oxygen atoms in total. The third-order valence-electron chi connectivity index (χ3n) is 3.75. The van der Waals surface area contributed by atoms with Crippen LogP contribution in [-0.4, -0.2) is 37.1 Å². The quantitative estimate of drug-likeness (QED) is 0.866. The van der Waals surface area contributed by atoms with Crippen molar-refractivity contribution in [3.05, 3.63) is 60.2 Å². The van der Waals surface area contributed by atoms with Gasteiger partial charge in [-0.15, -0.1) is 0 Å². The SMILES string of the molecule is O=C(Cc1cccc(-c2ccccc2)c1)N1CCOCC1. The molecule has 0 bridgehead atoms. The lowest BCUT2D eigenvalue weighted by Crippen LogP contribution is -2.41. The average molecular weight is 281 g/mol. The zero-order valence-electron chi connectivity index (χ0n) is 12.0. The van der Waals surface area contributed by atoms with Crippen LogP contribution >= 0.6 is 0 Å². The maximum absolute atomic E-state index is 12.3. The van der Waals surface area contributed by atoms with E-state index in [1.807, 2.05) is 35.2 Å². The molecule has 0 atom stereocenters. The maximum Gasteiger partial charge on any atom is 0.227 e. The lowest BCUT2D eigenvalue weighted by Gasteiger charge is -2.26. The minimum absolute atomic E-state index is 0.184. The van der Waals surface area contributed by atoms with Crippen LogP contribution in [0.3, 0.4) is 0 Å². The van der Waals surface area contributed by atoms with Gasteiger partial charge in [0.1, 0.15) is 0 Å². The number of carbonyl (C=O) groups excluding carboxylic acids is 1. The second-order valence-corrected chi connectivity index (χ2v) is 5.24. The number of benzene rings is 2. The van der Waals surface area contributed by atoms with Crippen LogP contribution < -0.4 is 0 Å². The standard InChI is InChI=1S/C18H19NO2/c20-18(19-9-11-21-12-10-19)14-15-5-4-8-17(13-15)16-6-2-1-3-7-16/h1-8,13H,9-12,14H2. The van der Waals surface area contributed by atoms with E-state index in [-0.39, 0.29) is 5.91 Å². The molecule has 2 aromatic rings. The van der Waals surface area contributed by atoms with Gasteiger partial charge in [0.25, 0.3) is 0 Å². The fraction of sp³-hybridized carbons (Fsp3) is 0.278. The number of hydrogen-bond acceptors (Lipinski definition) is 2. The van der Waals surface area contributed by atoms with E-state index in [1.165, 1.54) is 5.56 Å². The van der Waals surface area contributed by atoms with E-state index in [9.17, 15) is 4.79 Å². The van der Waals surface area contributed by atoms with E-state index in [0.29, 0.717) is 32.7 Å². The maximum atomic E-state index is 12.3. The predicted molar refractivity (Wildman–Crippen MR) is 83.0 cm³/mol. The molecule has 0 radical (unpaired) electrons. The molecule has 1 heterocycles. The predicted octanol–water partition coefficient (Wildman–Crippen LogP) is 2.75. The summed E-state index contributed by atoms with van der Waals surface area (Å²) < 4.78 is 5.28. The third kappa shape index (κ3) is 3.50. The van der Waals surface area contributed by atoms with Gasteiger partial charge >= 0.3 is 0 Å². The second-order valence-electron chi connectivity index (χ2n) is 5.24. The molecular formula is C18H19NO2. The van der Waals surface area contributed by atoms with Crippen molar-refractivity contribution in [1.29, 1.82) is 0 Å². The molecule has 2 aromatic carbocycles. The summed E-state index contributed by atoms with van der Waals surface area (Å²) in [5.74, 6) is 0.184. The van der Waals surface area contributed by atoms with Crippen molar-refractivity contribution in [2.45, 2.75) is 6.42 Å². The van der Waals surface area contributed by atoms with E-state index in [1.54, 1.807) is 0 Å². The van der Waals surface area contributed by atoms with Crippen LogP contribution in [0.25, 0.3) is 11.1 Å². The lowest BCUT2D eigenvalue weighted by molar-refractivity contribution is -0.134. The minimum atomic E-state index is 0.184. The first kappa shape index (κ1) is 13.8. The van der Waals surface area contributed by atoms with Crippen molar-refractivity contribution in [1.82, 2.24) is 4.90 Å². The van der Waals surface area contributed by atoms with Gasteiger partial charge in [-0.25, -0.2) is 0 Å². The van der Waals surface area contributed by atoms with Gasteiger partial charge in [0.15, 0.2) is 0 Å². The van der Waals surface area contributed by atoms with Crippen LogP contribution in [0.5, 0.6) is 0 Å². The molecule has 1 aliphatic heterocycles. The highest BCUT2D eigenvalue weighted by Crippen LogP contribution is 2.20. The van der Waals surface area contributed by atoms with Crippen LogP contribution in [0.15, 0.2) is 54.6 Å². The van der Waals surface area contributed by atoms with E-state index in [2.05, 4.69) is 24.3 Å². The first-order valence-electron chi connectivity index (χ1n) is 7.33. The summed E-state index contributed by atoms with van der Waals surface area (Å²) in [4.78, 5) is 14.2. The smallest absolute Gasteiger partial charge is 0.227 e. The Kier molecular flexibility index (Phi) is 4.31. The summed E-state index contributed by atoms with van der Waals surface area (Å²) in [6.07, 6.45) is 0.459. The Morgan fingerprint density at radius 1 is 0.952 bits per heavy atom. The highest BCUT2D eigenvalue weighted by atomic mass is 16.5. The van der Waals surface area contributed by atoms with Gasteiger partial charge < -0.3 is 9.64 Å². The summed E-state index contributed by atoms with van der Waals surface area (Å²) in [5, 5.41) is 0. The molecule has 0 aromatic heterocycles. The summed E-state index contributed by atoms with van der Waals surface area (Å²) in [5.41, 5.74) is 3.40. The van der Waals surface area contributed by atoms with Gasteiger partial charge in [-0.3, -0.25) is 4.79 Å². The molecule has 0 saturated carbocycles. The normalized spacial score (nSPS) is 15.0. The van der Waals surface area contributed by atoms with Gasteiger partial charge in [0, 0.05) is 13.1 Å². The minimum Gasteiger partial charge on any atom is -0.378 e. The molecule has 1 aliphatic rings.